The number of benzene rings is 1. The Morgan fingerprint density at radius 3 is 2.72 bits per heavy atom. The van der Waals surface area contributed by atoms with E-state index in [4.69, 9.17) is 17.3 Å². The monoisotopic (exact) mass is 327 g/mol. The molecule has 0 saturated carbocycles. The molecule has 18 heavy (non-hydrogen) atoms. The van der Waals surface area contributed by atoms with E-state index in [0.29, 0.717) is 11.7 Å². The Balaban J connectivity index is 2.50. The highest BCUT2D eigenvalue weighted by Gasteiger charge is 2.14. The van der Waals surface area contributed by atoms with Crippen LogP contribution in [0, 0.1) is 13.8 Å². The highest BCUT2D eigenvalue weighted by molar-refractivity contribution is 9.10. The van der Waals surface area contributed by atoms with Gasteiger partial charge in [0.1, 0.15) is 5.15 Å². The molecule has 1 aromatic carbocycles. The molecule has 0 amide bonds. The molecule has 5 heteroatoms. The van der Waals surface area contributed by atoms with Crippen molar-refractivity contribution in [2.24, 2.45) is 5.73 Å². The zero-order chi connectivity index (χ0) is 13.3. The van der Waals surface area contributed by atoms with Gasteiger partial charge in [0.15, 0.2) is 0 Å². The summed E-state index contributed by atoms with van der Waals surface area (Å²) in [6.45, 7) is 4.57. The van der Waals surface area contributed by atoms with E-state index >= 15 is 0 Å². The number of nitrogens with two attached hydrogens (primary N) is 1. The number of hydrogen-bond donors (Lipinski definition) is 1. The zero-order valence-electron chi connectivity index (χ0n) is 10.4. The molecule has 0 fully saturated rings. The summed E-state index contributed by atoms with van der Waals surface area (Å²) in [6, 6.07) is 6.06. The lowest BCUT2D eigenvalue weighted by atomic mass is 10.2. The normalized spacial score (nSPS) is 10.9. The lowest BCUT2D eigenvalue weighted by Gasteiger charge is -2.06. The predicted octanol–water partition coefficient (Wildman–Crippen LogP) is 3.41. The van der Waals surface area contributed by atoms with E-state index in [0.717, 1.165) is 27.8 Å². The lowest BCUT2D eigenvalue weighted by Crippen LogP contribution is -2.03. The number of halogens is 2. The van der Waals surface area contributed by atoms with Crippen LogP contribution in [-0.2, 0) is 6.42 Å². The molecule has 0 atom stereocenters. The van der Waals surface area contributed by atoms with Gasteiger partial charge in [-0.05, 0) is 44.5 Å². The topological polar surface area (TPSA) is 43.8 Å². The minimum absolute atomic E-state index is 0.573. The minimum Gasteiger partial charge on any atom is -0.330 e. The standard InChI is InChI=1S/C13H15BrClN3/c1-8-3-4-10(7-12(8)14)18-13(15)11(5-6-16)9(2)17-18/h3-4,7H,5-6,16H2,1-2H3. The van der Waals surface area contributed by atoms with Crippen molar-refractivity contribution in [3.8, 4) is 5.69 Å². The van der Waals surface area contributed by atoms with Crippen LogP contribution in [0.1, 0.15) is 16.8 Å². The molecule has 0 spiro atoms. The Kier molecular flexibility index (Phi) is 4.10. The number of rotatable bonds is 3. The first kappa shape index (κ1) is 13.6. The maximum absolute atomic E-state index is 6.36. The van der Waals surface area contributed by atoms with Crippen LogP contribution in [0.15, 0.2) is 22.7 Å². The van der Waals surface area contributed by atoms with Crippen LogP contribution in [0.25, 0.3) is 5.69 Å². The lowest BCUT2D eigenvalue weighted by molar-refractivity contribution is 0.862. The number of nitrogens with zero attached hydrogens (tertiary/aromatic N) is 2. The molecule has 0 aliphatic rings. The van der Waals surface area contributed by atoms with Gasteiger partial charge in [-0.1, -0.05) is 33.6 Å². The second-order valence-corrected chi connectivity index (χ2v) is 5.45. The van der Waals surface area contributed by atoms with Crippen molar-refractivity contribution in [1.29, 1.82) is 0 Å². The summed E-state index contributed by atoms with van der Waals surface area (Å²) in [5.41, 5.74) is 9.67. The molecule has 0 aliphatic heterocycles. The van der Waals surface area contributed by atoms with E-state index in [1.54, 1.807) is 4.68 Å². The fourth-order valence-corrected chi connectivity index (χ4v) is 2.58. The van der Waals surface area contributed by atoms with Crippen molar-refractivity contribution in [1.82, 2.24) is 9.78 Å². The van der Waals surface area contributed by atoms with Gasteiger partial charge in [0.05, 0.1) is 11.4 Å². The Labute approximate surface area is 120 Å². The first-order valence-electron chi connectivity index (χ1n) is 5.75. The summed E-state index contributed by atoms with van der Waals surface area (Å²) in [5.74, 6) is 0. The van der Waals surface area contributed by atoms with Crippen LogP contribution >= 0.6 is 27.5 Å². The first-order chi connectivity index (χ1) is 8.54. The Bertz CT molecular complexity index is 578. The molecule has 96 valence electrons. The van der Waals surface area contributed by atoms with Crippen molar-refractivity contribution in [3.05, 3.63) is 44.6 Å². The Hall–Kier alpha value is -0.840. The predicted molar refractivity (Wildman–Crippen MR) is 78.5 cm³/mol. The highest BCUT2D eigenvalue weighted by Crippen LogP contribution is 2.26. The number of aryl methyl sites for hydroxylation is 2. The maximum atomic E-state index is 6.36. The second kappa shape index (κ2) is 5.43. The summed E-state index contributed by atoms with van der Waals surface area (Å²) in [5, 5.41) is 5.13. The fourth-order valence-electron chi connectivity index (χ4n) is 1.84. The van der Waals surface area contributed by atoms with Crippen molar-refractivity contribution < 1.29 is 0 Å². The van der Waals surface area contributed by atoms with Crippen LogP contribution in [-0.4, -0.2) is 16.3 Å². The number of aromatic nitrogens is 2. The Morgan fingerprint density at radius 2 is 2.11 bits per heavy atom. The molecule has 0 aliphatic carbocycles. The molecule has 0 bridgehead atoms. The van der Waals surface area contributed by atoms with Crippen molar-refractivity contribution in [2.75, 3.05) is 6.54 Å². The summed E-state index contributed by atoms with van der Waals surface area (Å²) in [7, 11) is 0. The van der Waals surface area contributed by atoms with Gasteiger partial charge in [0.25, 0.3) is 0 Å². The highest BCUT2D eigenvalue weighted by atomic mass is 79.9. The third kappa shape index (κ3) is 2.46. The molecule has 0 unspecified atom stereocenters. The third-order valence-electron chi connectivity index (χ3n) is 2.92. The minimum atomic E-state index is 0.573. The first-order valence-corrected chi connectivity index (χ1v) is 6.92. The van der Waals surface area contributed by atoms with Crippen molar-refractivity contribution in [2.45, 2.75) is 20.3 Å². The van der Waals surface area contributed by atoms with Crippen LogP contribution in [0.5, 0.6) is 0 Å². The van der Waals surface area contributed by atoms with Crippen LogP contribution in [0.2, 0.25) is 5.15 Å². The summed E-state index contributed by atoms with van der Waals surface area (Å²) in [4.78, 5) is 0. The fraction of sp³-hybridized carbons (Fsp3) is 0.308. The molecular formula is C13H15BrClN3. The van der Waals surface area contributed by atoms with E-state index in [1.165, 1.54) is 5.56 Å². The molecule has 2 N–H and O–H groups in total. The molecular weight excluding hydrogens is 314 g/mol. The van der Waals surface area contributed by atoms with Gasteiger partial charge in [-0.15, -0.1) is 0 Å². The van der Waals surface area contributed by atoms with Crippen molar-refractivity contribution in [3.63, 3.8) is 0 Å². The van der Waals surface area contributed by atoms with E-state index in [2.05, 4.69) is 21.0 Å². The Morgan fingerprint density at radius 1 is 1.39 bits per heavy atom. The van der Waals surface area contributed by atoms with Crippen molar-refractivity contribution >= 4 is 27.5 Å². The van der Waals surface area contributed by atoms with Gasteiger partial charge >= 0.3 is 0 Å². The van der Waals surface area contributed by atoms with Gasteiger partial charge in [0.2, 0.25) is 0 Å². The van der Waals surface area contributed by atoms with E-state index in [9.17, 15) is 0 Å². The molecule has 2 rings (SSSR count). The van der Waals surface area contributed by atoms with E-state index < -0.39 is 0 Å². The summed E-state index contributed by atoms with van der Waals surface area (Å²) >= 11 is 9.88. The largest absolute Gasteiger partial charge is 0.330 e. The smallest absolute Gasteiger partial charge is 0.136 e. The van der Waals surface area contributed by atoms with Gasteiger partial charge in [-0.25, -0.2) is 4.68 Å². The van der Waals surface area contributed by atoms with Gasteiger partial charge < -0.3 is 5.73 Å². The van der Waals surface area contributed by atoms with E-state index in [-0.39, 0.29) is 0 Å². The van der Waals surface area contributed by atoms with E-state index in [1.807, 2.05) is 32.0 Å². The van der Waals surface area contributed by atoms with Gasteiger partial charge in [-0.2, -0.15) is 5.10 Å². The molecule has 2 aromatic rings. The molecule has 1 heterocycles. The van der Waals surface area contributed by atoms with Crippen LogP contribution in [0.3, 0.4) is 0 Å². The summed E-state index contributed by atoms with van der Waals surface area (Å²) in [6.07, 6.45) is 0.748. The number of hydrogen-bond acceptors (Lipinski definition) is 2. The molecule has 0 saturated heterocycles. The van der Waals surface area contributed by atoms with Gasteiger partial charge in [0, 0.05) is 10.0 Å². The average Bonchev–Trinajstić information content (AvgIpc) is 2.61. The molecule has 1 aromatic heterocycles. The summed E-state index contributed by atoms with van der Waals surface area (Å²) < 4.78 is 2.80. The van der Waals surface area contributed by atoms with Crippen LogP contribution in [0.4, 0.5) is 0 Å². The SMILES string of the molecule is Cc1ccc(-n2nc(C)c(CCN)c2Cl)cc1Br. The quantitative estimate of drug-likeness (QED) is 0.938. The second-order valence-electron chi connectivity index (χ2n) is 4.24. The van der Waals surface area contributed by atoms with Crippen LogP contribution < -0.4 is 5.73 Å². The maximum Gasteiger partial charge on any atom is 0.136 e. The van der Waals surface area contributed by atoms with Gasteiger partial charge in [-0.3, -0.25) is 0 Å². The molecule has 0 radical (unpaired) electrons. The average molecular weight is 329 g/mol. The zero-order valence-corrected chi connectivity index (χ0v) is 12.7. The third-order valence-corrected chi connectivity index (χ3v) is 4.16. The molecule has 3 nitrogen and oxygen atoms in total.